The van der Waals surface area contributed by atoms with Gasteiger partial charge in [-0.05, 0) is 45.8 Å². The summed E-state index contributed by atoms with van der Waals surface area (Å²) >= 11 is 0. The molecule has 1 aromatic carbocycles. The fourth-order valence-electron chi connectivity index (χ4n) is 6.05. The number of ether oxygens (including phenoxy) is 3. The van der Waals surface area contributed by atoms with Gasteiger partial charge in [0, 0.05) is 24.7 Å². The molecule has 172 valence electrons. The van der Waals surface area contributed by atoms with Crippen molar-refractivity contribution in [2.24, 2.45) is 29.1 Å². The van der Waals surface area contributed by atoms with Gasteiger partial charge in [-0.2, -0.15) is 0 Å². The van der Waals surface area contributed by atoms with E-state index in [-0.39, 0.29) is 29.7 Å². The fourth-order valence-corrected chi connectivity index (χ4v) is 6.05. The third-order valence-electron chi connectivity index (χ3n) is 7.68. The molecule has 32 heavy (non-hydrogen) atoms. The zero-order valence-corrected chi connectivity index (χ0v) is 18.8. The third-order valence-corrected chi connectivity index (χ3v) is 7.68. The van der Waals surface area contributed by atoms with Gasteiger partial charge in [-0.15, -0.1) is 0 Å². The van der Waals surface area contributed by atoms with E-state index >= 15 is 0 Å². The molecule has 0 amide bonds. The van der Waals surface area contributed by atoms with Crippen molar-refractivity contribution in [3.63, 3.8) is 0 Å². The van der Waals surface area contributed by atoms with E-state index in [0.717, 1.165) is 18.7 Å². The van der Waals surface area contributed by atoms with Crippen molar-refractivity contribution in [1.82, 2.24) is 5.32 Å². The summed E-state index contributed by atoms with van der Waals surface area (Å²) in [6, 6.07) is 9.83. The van der Waals surface area contributed by atoms with E-state index in [1.165, 1.54) is 0 Å². The number of rotatable bonds is 4. The maximum Gasteiger partial charge on any atom is 0.311 e. The number of hydrogen-bond acceptors (Lipinski definition) is 7. The average Bonchev–Trinajstić information content (AvgIpc) is 3.38. The van der Waals surface area contributed by atoms with Crippen LogP contribution in [0.5, 0.6) is 0 Å². The number of nitrogens with one attached hydrogen (secondary N) is 1. The Labute approximate surface area is 188 Å². The standard InChI is InChI=1S/C25H31NO6/c1-24(2,3)23(29)31-20-16-13-15-17(21(27)30-19(15)20)18(16)22(28)32-25(9-11-26-12-10-25)14-7-5-4-6-8-14/h4-8,15-20,26H,9-13H2,1-3H3. The minimum absolute atomic E-state index is 0.0940. The number of benzene rings is 1. The van der Waals surface area contributed by atoms with Crippen molar-refractivity contribution < 1.29 is 28.6 Å². The van der Waals surface area contributed by atoms with Crippen molar-refractivity contribution in [2.75, 3.05) is 13.1 Å². The van der Waals surface area contributed by atoms with Crippen molar-refractivity contribution in [3.05, 3.63) is 35.9 Å². The van der Waals surface area contributed by atoms with Crippen molar-refractivity contribution in [2.45, 2.75) is 57.8 Å². The van der Waals surface area contributed by atoms with Crippen LogP contribution in [-0.4, -0.2) is 43.2 Å². The molecule has 7 heteroatoms. The molecule has 7 nitrogen and oxygen atoms in total. The Kier molecular flexibility index (Phi) is 5.08. The Hall–Kier alpha value is -2.41. The topological polar surface area (TPSA) is 90.9 Å². The van der Waals surface area contributed by atoms with Crippen LogP contribution in [0, 0.1) is 29.1 Å². The predicted octanol–water partition coefficient (Wildman–Crippen LogP) is 2.57. The summed E-state index contributed by atoms with van der Waals surface area (Å²) in [5, 5.41) is 3.33. The van der Waals surface area contributed by atoms with Gasteiger partial charge in [-0.3, -0.25) is 14.4 Å². The molecule has 5 rings (SSSR count). The van der Waals surface area contributed by atoms with Gasteiger partial charge in [0.2, 0.25) is 0 Å². The van der Waals surface area contributed by atoms with Crippen LogP contribution in [0.2, 0.25) is 0 Å². The minimum atomic E-state index is -0.717. The normalized spacial score (nSPS) is 34.8. The minimum Gasteiger partial charge on any atom is -0.458 e. The second kappa shape index (κ2) is 7.58. The van der Waals surface area contributed by atoms with Crippen molar-refractivity contribution in [3.8, 4) is 0 Å². The SMILES string of the molecule is CC(C)(C)C(=O)OC1C2CC3C1OC(=O)C3C2C(=O)OC1(c2ccccc2)CCNCC1. The van der Waals surface area contributed by atoms with E-state index in [1.807, 2.05) is 30.3 Å². The van der Waals surface area contributed by atoms with Crippen LogP contribution < -0.4 is 5.32 Å². The fraction of sp³-hybridized carbons (Fsp3) is 0.640. The molecule has 2 saturated heterocycles. The molecule has 0 radical (unpaired) electrons. The van der Waals surface area contributed by atoms with Crippen LogP contribution in [0.1, 0.15) is 45.6 Å². The lowest BCUT2D eigenvalue weighted by Gasteiger charge is -2.40. The van der Waals surface area contributed by atoms with E-state index in [9.17, 15) is 14.4 Å². The number of carbonyl (C=O) groups excluding carboxylic acids is 3. The molecule has 2 heterocycles. The second-order valence-electron chi connectivity index (χ2n) is 10.7. The van der Waals surface area contributed by atoms with Gasteiger partial charge in [0.15, 0.2) is 0 Å². The predicted molar refractivity (Wildman–Crippen MR) is 114 cm³/mol. The van der Waals surface area contributed by atoms with Crippen LogP contribution in [0.3, 0.4) is 0 Å². The van der Waals surface area contributed by atoms with Gasteiger partial charge in [0.1, 0.15) is 17.8 Å². The molecule has 0 spiro atoms. The Morgan fingerprint density at radius 1 is 1.09 bits per heavy atom. The van der Waals surface area contributed by atoms with E-state index in [4.69, 9.17) is 14.2 Å². The molecule has 2 aliphatic carbocycles. The largest absolute Gasteiger partial charge is 0.458 e. The Morgan fingerprint density at radius 2 is 1.78 bits per heavy atom. The van der Waals surface area contributed by atoms with Crippen LogP contribution in [0.4, 0.5) is 0 Å². The maximum absolute atomic E-state index is 13.7. The molecule has 2 bridgehead atoms. The lowest BCUT2D eigenvalue weighted by Crippen LogP contribution is -2.48. The average molecular weight is 442 g/mol. The van der Waals surface area contributed by atoms with E-state index < -0.39 is 35.1 Å². The van der Waals surface area contributed by atoms with Gasteiger partial charge in [0.25, 0.3) is 0 Å². The summed E-state index contributed by atoms with van der Waals surface area (Å²) in [7, 11) is 0. The number of carbonyl (C=O) groups is 3. The molecule has 4 fully saturated rings. The number of hydrogen-bond donors (Lipinski definition) is 1. The molecule has 2 aliphatic heterocycles. The van der Waals surface area contributed by atoms with Gasteiger partial charge in [0.05, 0.1) is 17.3 Å². The lowest BCUT2D eigenvalue weighted by atomic mass is 9.77. The molecule has 1 aromatic rings. The molecule has 6 atom stereocenters. The zero-order chi connectivity index (χ0) is 22.7. The first-order chi connectivity index (χ1) is 15.2. The monoisotopic (exact) mass is 441 g/mol. The van der Waals surface area contributed by atoms with Crippen LogP contribution >= 0.6 is 0 Å². The Morgan fingerprint density at radius 3 is 2.44 bits per heavy atom. The molecule has 0 aromatic heterocycles. The van der Waals surface area contributed by atoms with Gasteiger partial charge in [-0.25, -0.2) is 0 Å². The Bertz CT molecular complexity index is 916. The van der Waals surface area contributed by atoms with Gasteiger partial charge in [-0.1, -0.05) is 30.3 Å². The highest BCUT2D eigenvalue weighted by Crippen LogP contribution is 2.59. The molecule has 6 unspecified atom stereocenters. The molecular formula is C25H31NO6. The first kappa shape index (κ1) is 21.4. The second-order valence-corrected chi connectivity index (χ2v) is 10.7. The summed E-state index contributed by atoms with van der Waals surface area (Å²) in [5.41, 5.74) is -0.419. The summed E-state index contributed by atoms with van der Waals surface area (Å²) in [6.07, 6.45) is 0.943. The summed E-state index contributed by atoms with van der Waals surface area (Å²) < 4.78 is 17.7. The zero-order valence-electron chi connectivity index (χ0n) is 18.8. The number of piperidine rings is 1. The number of esters is 3. The maximum atomic E-state index is 13.7. The quantitative estimate of drug-likeness (QED) is 0.567. The summed E-state index contributed by atoms with van der Waals surface area (Å²) in [4.78, 5) is 38.9. The van der Waals surface area contributed by atoms with E-state index in [0.29, 0.717) is 19.3 Å². The lowest BCUT2D eigenvalue weighted by molar-refractivity contribution is -0.181. The van der Waals surface area contributed by atoms with E-state index in [2.05, 4.69) is 5.32 Å². The first-order valence-corrected chi connectivity index (χ1v) is 11.6. The van der Waals surface area contributed by atoms with Gasteiger partial charge < -0.3 is 19.5 Å². The van der Waals surface area contributed by atoms with Crippen LogP contribution in [0.25, 0.3) is 0 Å². The molecule has 1 N–H and O–H groups in total. The van der Waals surface area contributed by atoms with Gasteiger partial charge >= 0.3 is 17.9 Å². The highest BCUT2D eigenvalue weighted by Gasteiger charge is 2.70. The van der Waals surface area contributed by atoms with Crippen molar-refractivity contribution >= 4 is 17.9 Å². The summed E-state index contributed by atoms with van der Waals surface area (Å²) in [6.45, 7) is 6.87. The highest BCUT2D eigenvalue weighted by molar-refractivity contribution is 5.86. The molecule has 4 aliphatic rings. The van der Waals surface area contributed by atoms with Crippen LogP contribution in [-0.2, 0) is 34.2 Å². The molecule has 2 saturated carbocycles. The number of fused-ring (bicyclic) bond motifs is 1. The smallest absolute Gasteiger partial charge is 0.311 e. The molecular weight excluding hydrogens is 410 g/mol. The third kappa shape index (κ3) is 3.33. The van der Waals surface area contributed by atoms with Crippen molar-refractivity contribution in [1.29, 1.82) is 0 Å². The first-order valence-electron chi connectivity index (χ1n) is 11.6. The Balaban J connectivity index is 1.42. The van der Waals surface area contributed by atoms with E-state index in [1.54, 1.807) is 20.8 Å². The van der Waals surface area contributed by atoms with Crippen LogP contribution in [0.15, 0.2) is 30.3 Å². The highest BCUT2D eigenvalue weighted by atomic mass is 16.6. The summed E-state index contributed by atoms with van der Waals surface area (Å²) in [5.74, 6) is -2.57.